The van der Waals surface area contributed by atoms with Crippen molar-refractivity contribution in [2.24, 2.45) is 5.92 Å². The lowest BCUT2D eigenvalue weighted by molar-refractivity contribution is -0.140. The van der Waals surface area contributed by atoms with Crippen molar-refractivity contribution in [1.29, 1.82) is 0 Å². The zero-order valence-electron chi connectivity index (χ0n) is 11.0. The first kappa shape index (κ1) is 15.4. The molecule has 0 aliphatic carbocycles. The number of nitrogens with zero attached hydrogens (tertiary/aromatic N) is 1. The smallest absolute Gasteiger partial charge is 0.223 e. The van der Waals surface area contributed by atoms with Crippen LogP contribution >= 0.6 is 0 Å². The topological polar surface area (TPSA) is 60.8 Å². The van der Waals surface area contributed by atoms with Crippen LogP contribution in [0.5, 0.6) is 0 Å². The van der Waals surface area contributed by atoms with E-state index in [4.69, 9.17) is 0 Å². The summed E-state index contributed by atoms with van der Waals surface area (Å²) < 4.78 is 0. The van der Waals surface area contributed by atoms with Gasteiger partial charge in [-0.15, -0.1) is 0 Å². The maximum absolute atomic E-state index is 12.0. The van der Waals surface area contributed by atoms with Gasteiger partial charge in [0.05, 0.1) is 18.2 Å². The summed E-state index contributed by atoms with van der Waals surface area (Å²) in [7, 11) is 0. The first-order valence-corrected chi connectivity index (χ1v) is 5.80. The molecule has 0 aliphatic heterocycles. The predicted molar refractivity (Wildman–Crippen MR) is 64.0 cm³/mol. The van der Waals surface area contributed by atoms with Gasteiger partial charge in [-0.3, -0.25) is 4.79 Å². The fraction of sp³-hybridized carbons (Fsp3) is 0.917. The van der Waals surface area contributed by atoms with Crippen LogP contribution in [-0.4, -0.2) is 45.8 Å². The number of carbonyl (C=O) groups is 1. The third kappa shape index (κ3) is 4.94. The van der Waals surface area contributed by atoms with Crippen molar-refractivity contribution < 1.29 is 15.0 Å². The number of β-amino-alcohol motifs (C(OH)–C–C–N with tert-alkyl or cyclic N) is 1. The van der Waals surface area contributed by atoms with E-state index in [0.717, 1.165) is 0 Å². The summed E-state index contributed by atoms with van der Waals surface area (Å²) in [4.78, 5) is 13.6. The van der Waals surface area contributed by atoms with E-state index in [0.29, 0.717) is 6.42 Å². The minimum absolute atomic E-state index is 0.0186. The van der Waals surface area contributed by atoms with Crippen LogP contribution < -0.4 is 0 Å². The molecule has 0 aromatic carbocycles. The molecule has 1 atom stereocenters. The number of hydrogen-bond donors (Lipinski definition) is 2. The Bertz CT molecular complexity index is 224. The molecule has 0 bridgehead atoms. The lowest BCUT2D eigenvalue weighted by Gasteiger charge is -2.38. The number of aliphatic hydroxyl groups excluding tert-OH is 2. The number of hydrogen-bond acceptors (Lipinski definition) is 3. The Morgan fingerprint density at radius 2 is 1.81 bits per heavy atom. The number of carbonyl (C=O) groups excluding carboxylic acids is 1. The third-order valence-electron chi connectivity index (χ3n) is 2.45. The summed E-state index contributed by atoms with van der Waals surface area (Å²) in [6.45, 7) is 9.35. The highest BCUT2D eigenvalue weighted by Crippen LogP contribution is 2.17. The van der Waals surface area contributed by atoms with Crippen LogP contribution in [0.25, 0.3) is 0 Å². The van der Waals surface area contributed by atoms with Crippen molar-refractivity contribution in [3.8, 4) is 0 Å². The van der Waals surface area contributed by atoms with Crippen molar-refractivity contribution in [3.63, 3.8) is 0 Å². The summed E-state index contributed by atoms with van der Waals surface area (Å²) in [5, 5.41) is 18.7. The van der Waals surface area contributed by atoms with Crippen LogP contribution in [0.3, 0.4) is 0 Å². The Kier molecular flexibility index (Phi) is 5.97. The lowest BCUT2D eigenvalue weighted by Crippen LogP contribution is -2.52. The van der Waals surface area contributed by atoms with Crippen molar-refractivity contribution in [1.82, 2.24) is 4.90 Å². The van der Waals surface area contributed by atoms with Crippen LogP contribution in [0, 0.1) is 5.92 Å². The molecule has 1 amide bonds. The second kappa shape index (κ2) is 6.21. The van der Waals surface area contributed by atoms with E-state index in [9.17, 15) is 15.0 Å². The fourth-order valence-electron chi connectivity index (χ4n) is 1.50. The molecule has 0 heterocycles. The average molecular weight is 231 g/mol. The molecule has 16 heavy (non-hydrogen) atoms. The Labute approximate surface area is 98.3 Å². The van der Waals surface area contributed by atoms with Crippen molar-refractivity contribution >= 4 is 5.91 Å². The molecule has 4 heteroatoms. The number of aliphatic hydroxyl groups is 2. The minimum atomic E-state index is -0.622. The van der Waals surface area contributed by atoms with E-state index >= 15 is 0 Å². The van der Waals surface area contributed by atoms with Gasteiger partial charge in [-0.2, -0.15) is 0 Å². The quantitative estimate of drug-likeness (QED) is 0.717. The summed E-state index contributed by atoms with van der Waals surface area (Å²) in [5.41, 5.74) is -0.622. The van der Waals surface area contributed by atoms with E-state index in [1.54, 1.807) is 25.7 Å². The third-order valence-corrected chi connectivity index (χ3v) is 2.45. The second-order valence-corrected chi connectivity index (χ2v) is 5.42. The van der Waals surface area contributed by atoms with Gasteiger partial charge in [-0.05, 0) is 26.7 Å². The van der Waals surface area contributed by atoms with Crippen LogP contribution in [0.4, 0.5) is 0 Å². The van der Waals surface area contributed by atoms with E-state index < -0.39 is 11.6 Å². The summed E-state index contributed by atoms with van der Waals surface area (Å²) in [6.07, 6.45) is -0.141. The Morgan fingerprint density at radius 1 is 1.31 bits per heavy atom. The monoisotopic (exact) mass is 231 g/mol. The van der Waals surface area contributed by atoms with E-state index in [1.165, 1.54) is 0 Å². The predicted octanol–water partition coefficient (Wildman–Crippen LogP) is 1.01. The molecule has 0 saturated carbocycles. The van der Waals surface area contributed by atoms with Gasteiger partial charge in [-0.1, -0.05) is 13.8 Å². The molecular formula is C12H25NO3. The molecule has 0 saturated heterocycles. The summed E-state index contributed by atoms with van der Waals surface area (Å²) >= 11 is 0. The highest BCUT2D eigenvalue weighted by atomic mass is 16.3. The minimum Gasteiger partial charge on any atom is -0.394 e. The van der Waals surface area contributed by atoms with Gasteiger partial charge in [-0.25, -0.2) is 0 Å². The lowest BCUT2D eigenvalue weighted by atomic mass is 10.0. The van der Waals surface area contributed by atoms with Gasteiger partial charge in [0.15, 0.2) is 0 Å². The van der Waals surface area contributed by atoms with Crippen LogP contribution in [0.15, 0.2) is 0 Å². The highest BCUT2D eigenvalue weighted by molar-refractivity contribution is 5.77. The molecule has 2 N–H and O–H groups in total. The van der Waals surface area contributed by atoms with Gasteiger partial charge >= 0.3 is 0 Å². The second-order valence-electron chi connectivity index (χ2n) is 5.42. The SMILES string of the molecule is CC(C)CC(=O)N(CC(C)O)C(C)(C)CO. The van der Waals surface area contributed by atoms with E-state index in [-0.39, 0.29) is 25.0 Å². The number of rotatable bonds is 6. The van der Waals surface area contributed by atoms with Crippen molar-refractivity contribution in [2.75, 3.05) is 13.2 Å². The largest absolute Gasteiger partial charge is 0.394 e. The van der Waals surface area contributed by atoms with Gasteiger partial charge < -0.3 is 15.1 Å². The molecule has 1 unspecified atom stereocenters. The maximum atomic E-state index is 12.0. The molecule has 4 nitrogen and oxygen atoms in total. The van der Waals surface area contributed by atoms with Gasteiger partial charge in [0.1, 0.15) is 0 Å². The molecule has 0 spiro atoms. The zero-order valence-corrected chi connectivity index (χ0v) is 11.0. The maximum Gasteiger partial charge on any atom is 0.223 e. The first-order chi connectivity index (χ1) is 7.20. The molecule has 0 aromatic heterocycles. The molecular weight excluding hydrogens is 206 g/mol. The molecule has 0 fully saturated rings. The highest BCUT2D eigenvalue weighted by Gasteiger charge is 2.31. The van der Waals surface area contributed by atoms with Gasteiger partial charge in [0, 0.05) is 13.0 Å². The average Bonchev–Trinajstić information content (AvgIpc) is 2.12. The zero-order chi connectivity index (χ0) is 12.9. The van der Waals surface area contributed by atoms with E-state index in [1.807, 2.05) is 13.8 Å². The van der Waals surface area contributed by atoms with Crippen LogP contribution in [-0.2, 0) is 4.79 Å². The van der Waals surface area contributed by atoms with E-state index in [2.05, 4.69) is 0 Å². The van der Waals surface area contributed by atoms with Crippen molar-refractivity contribution in [2.45, 2.75) is 52.7 Å². The Balaban J connectivity index is 4.73. The summed E-state index contributed by atoms with van der Waals surface area (Å²) in [5.74, 6) is 0.258. The molecule has 0 aromatic rings. The Hall–Kier alpha value is -0.610. The van der Waals surface area contributed by atoms with Crippen molar-refractivity contribution in [3.05, 3.63) is 0 Å². The number of amides is 1. The van der Waals surface area contributed by atoms with Crippen LogP contribution in [0.1, 0.15) is 41.0 Å². The standard InChI is InChI=1S/C12H25NO3/c1-9(2)6-11(16)13(7-10(3)15)12(4,5)8-14/h9-10,14-15H,6-8H2,1-5H3. The van der Waals surface area contributed by atoms with Gasteiger partial charge in [0.2, 0.25) is 5.91 Å². The molecule has 0 radical (unpaired) electrons. The van der Waals surface area contributed by atoms with Gasteiger partial charge in [0.25, 0.3) is 0 Å². The molecule has 0 aliphatic rings. The summed E-state index contributed by atoms with van der Waals surface area (Å²) in [6, 6.07) is 0. The Morgan fingerprint density at radius 3 is 2.12 bits per heavy atom. The molecule has 96 valence electrons. The van der Waals surface area contributed by atoms with Crippen LogP contribution in [0.2, 0.25) is 0 Å². The first-order valence-electron chi connectivity index (χ1n) is 5.80. The normalized spacial score (nSPS) is 14.0. The molecule has 0 rings (SSSR count). The fourth-order valence-corrected chi connectivity index (χ4v) is 1.50.